The van der Waals surface area contributed by atoms with Crippen molar-refractivity contribution < 1.29 is 4.92 Å². The summed E-state index contributed by atoms with van der Waals surface area (Å²) in [6, 6.07) is 6.30. The van der Waals surface area contributed by atoms with Crippen LogP contribution < -0.4 is 10.7 Å². The molecule has 174 valence electrons. The molecule has 0 saturated heterocycles. The van der Waals surface area contributed by atoms with Crippen LogP contribution in [0.2, 0.25) is 0 Å². The van der Waals surface area contributed by atoms with Crippen LogP contribution in [0.5, 0.6) is 0 Å². The van der Waals surface area contributed by atoms with Crippen molar-refractivity contribution in [2.24, 2.45) is 5.10 Å². The number of nitrogens with zero attached hydrogens (tertiary/aromatic N) is 2. The number of benzene rings is 1. The number of hydrazone groups is 1. The van der Waals surface area contributed by atoms with Gasteiger partial charge in [-0.1, -0.05) is 103 Å². The smallest absolute Gasteiger partial charge is 0.270 e. The summed E-state index contributed by atoms with van der Waals surface area (Å²) >= 11 is 5.19. The molecule has 0 aromatic heterocycles. The van der Waals surface area contributed by atoms with Crippen LogP contribution in [0.1, 0.15) is 102 Å². The van der Waals surface area contributed by atoms with Gasteiger partial charge in [0.15, 0.2) is 5.11 Å². The summed E-state index contributed by atoms with van der Waals surface area (Å²) in [4.78, 5) is 10.3. The fraction of sp³-hybridized carbons (Fsp3) is 0.667. The number of rotatable bonds is 18. The Kier molecular flexibility index (Phi) is 16.3. The normalized spacial score (nSPS) is 11.0. The molecule has 0 aliphatic carbocycles. The molecule has 0 unspecified atom stereocenters. The SMILES string of the molecule is CCCCCCCCCCCCCCCCNC(=S)N/N=C/c1cccc([N+](=O)[O-])c1. The van der Waals surface area contributed by atoms with E-state index in [2.05, 4.69) is 22.8 Å². The number of unbranched alkanes of at least 4 members (excludes halogenated alkanes) is 13. The first-order valence-electron chi connectivity index (χ1n) is 11.9. The van der Waals surface area contributed by atoms with Gasteiger partial charge in [-0.15, -0.1) is 0 Å². The van der Waals surface area contributed by atoms with Crippen LogP contribution in [0.15, 0.2) is 29.4 Å². The fourth-order valence-corrected chi connectivity index (χ4v) is 3.60. The standard InChI is InChI=1S/C24H40N4O2S/c1-2-3-4-5-6-7-8-9-10-11-12-13-14-15-19-25-24(31)27-26-21-22-17-16-18-23(20-22)28(29)30/h16-18,20-21H,2-15,19H2,1H3,(H2,25,27,31)/b26-21+. The van der Waals surface area contributed by atoms with Crippen LogP contribution >= 0.6 is 12.2 Å². The van der Waals surface area contributed by atoms with Crippen molar-refractivity contribution in [1.29, 1.82) is 0 Å². The highest BCUT2D eigenvalue weighted by Crippen LogP contribution is 2.13. The summed E-state index contributed by atoms with van der Waals surface area (Å²) in [5, 5.41) is 18.4. The second-order valence-electron chi connectivity index (χ2n) is 8.07. The van der Waals surface area contributed by atoms with Crippen LogP contribution in [0.25, 0.3) is 0 Å². The fourth-order valence-electron chi connectivity index (χ4n) is 3.45. The van der Waals surface area contributed by atoms with Crippen LogP contribution in [0, 0.1) is 10.1 Å². The highest BCUT2D eigenvalue weighted by molar-refractivity contribution is 7.80. The lowest BCUT2D eigenvalue weighted by Gasteiger charge is -2.07. The van der Waals surface area contributed by atoms with Gasteiger partial charge in [0, 0.05) is 24.2 Å². The van der Waals surface area contributed by atoms with Crippen LogP contribution in [0.4, 0.5) is 5.69 Å². The van der Waals surface area contributed by atoms with E-state index in [1.54, 1.807) is 12.1 Å². The molecule has 1 aromatic carbocycles. The number of nitro benzene ring substituents is 1. The minimum Gasteiger partial charge on any atom is -0.361 e. The molecule has 0 aliphatic rings. The van der Waals surface area contributed by atoms with Gasteiger partial charge < -0.3 is 5.32 Å². The lowest BCUT2D eigenvalue weighted by atomic mass is 10.0. The van der Waals surface area contributed by atoms with Gasteiger partial charge in [-0.05, 0) is 18.6 Å². The Morgan fingerprint density at radius 2 is 1.52 bits per heavy atom. The van der Waals surface area contributed by atoms with Gasteiger partial charge >= 0.3 is 0 Å². The van der Waals surface area contributed by atoms with Gasteiger partial charge in [0.25, 0.3) is 5.69 Å². The maximum Gasteiger partial charge on any atom is 0.270 e. The van der Waals surface area contributed by atoms with Crippen LogP contribution in [-0.4, -0.2) is 22.8 Å². The Bertz CT molecular complexity index is 652. The van der Waals surface area contributed by atoms with E-state index >= 15 is 0 Å². The Morgan fingerprint density at radius 1 is 0.968 bits per heavy atom. The first-order valence-corrected chi connectivity index (χ1v) is 12.4. The molecule has 1 aromatic rings. The van der Waals surface area contributed by atoms with Crippen molar-refractivity contribution in [3.8, 4) is 0 Å². The molecule has 0 aliphatic heterocycles. The molecule has 0 saturated carbocycles. The summed E-state index contributed by atoms with van der Waals surface area (Å²) in [6.45, 7) is 3.10. The number of non-ortho nitro benzene ring substituents is 1. The first kappa shape index (κ1) is 27.0. The number of hydrogen-bond donors (Lipinski definition) is 2. The predicted octanol–water partition coefficient (Wildman–Crippen LogP) is 6.87. The molecule has 2 N–H and O–H groups in total. The molecule has 31 heavy (non-hydrogen) atoms. The second-order valence-corrected chi connectivity index (χ2v) is 8.48. The minimum absolute atomic E-state index is 0.0439. The quantitative estimate of drug-likeness (QED) is 0.0841. The largest absolute Gasteiger partial charge is 0.361 e. The third-order valence-corrected chi connectivity index (χ3v) is 5.51. The van der Waals surface area contributed by atoms with Crippen molar-refractivity contribution in [2.75, 3.05) is 6.54 Å². The lowest BCUT2D eigenvalue weighted by Crippen LogP contribution is -2.32. The maximum absolute atomic E-state index is 10.8. The number of nitro groups is 1. The van der Waals surface area contributed by atoms with Crippen molar-refractivity contribution >= 4 is 29.2 Å². The topological polar surface area (TPSA) is 79.6 Å². The monoisotopic (exact) mass is 448 g/mol. The highest BCUT2D eigenvalue weighted by Gasteiger charge is 2.03. The predicted molar refractivity (Wildman–Crippen MR) is 135 cm³/mol. The van der Waals surface area contributed by atoms with Gasteiger partial charge in [-0.25, -0.2) is 0 Å². The van der Waals surface area contributed by atoms with Crippen molar-refractivity contribution in [2.45, 2.75) is 96.8 Å². The van der Waals surface area contributed by atoms with E-state index in [1.165, 1.54) is 102 Å². The number of thiocarbonyl (C=S) groups is 1. The second kappa shape index (κ2) is 18.7. The number of hydrogen-bond acceptors (Lipinski definition) is 4. The van der Waals surface area contributed by atoms with E-state index in [0.29, 0.717) is 10.7 Å². The average molecular weight is 449 g/mol. The number of nitrogens with one attached hydrogen (secondary N) is 2. The molecular formula is C24H40N4O2S. The zero-order valence-corrected chi connectivity index (χ0v) is 19.9. The summed E-state index contributed by atoms with van der Waals surface area (Å²) in [6.07, 6.45) is 20.4. The molecular weight excluding hydrogens is 408 g/mol. The Labute approximate surface area is 193 Å². The lowest BCUT2D eigenvalue weighted by molar-refractivity contribution is -0.384. The third-order valence-electron chi connectivity index (χ3n) is 5.28. The first-order chi connectivity index (χ1) is 15.1. The van der Waals surface area contributed by atoms with Gasteiger partial charge in [0.1, 0.15) is 0 Å². The third kappa shape index (κ3) is 15.4. The molecule has 0 fully saturated rings. The van der Waals surface area contributed by atoms with Crippen LogP contribution in [0.3, 0.4) is 0 Å². The summed E-state index contributed by atoms with van der Waals surface area (Å²) in [5.41, 5.74) is 3.44. The van der Waals surface area contributed by atoms with E-state index in [-0.39, 0.29) is 5.69 Å². The molecule has 1 rings (SSSR count). The van der Waals surface area contributed by atoms with Gasteiger partial charge in [0.2, 0.25) is 0 Å². The van der Waals surface area contributed by atoms with E-state index in [4.69, 9.17) is 12.2 Å². The van der Waals surface area contributed by atoms with Crippen LogP contribution in [-0.2, 0) is 0 Å². The van der Waals surface area contributed by atoms with E-state index < -0.39 is 4.92 Å². The molecule has 0 bridgehead atoms. The molecule has 0 atom stereocenters. The molecule has 7 heteroatoms. The van der Waals surface area contributed by atoms with Crippen molar-refractivity contribution in [1.82, 2.24) is 10.7 Å². The zero-order valence-electron chi connectivity index (χ0n) is 19.1. The van der Waals surface area contributed by atoms with E-state index in [1.807, 2.05) is 0 Å². The van der Waals surface area contributed by atoms with Gasteiger partial charge in [-0.2, -0.15) is 5.10 Å². The van der Waals surface area contributed by atoms with E-state index in [9.17, 15) is 10.1 Å². The average Bonchev–Trinajstić information content (AvgIpc) is 2.76. The summed E-state index contributed by atoms with van der Waals surface area (Å²) in [7, 11) is 0. The molecule has 0 radical (unpaired) electrons. The Morgan fingerprint density at radius 3 is 2.06 bits per heavy atom. The maximum atomic E-state index is 10.8. The molecule has 0 spiro atoms. The van der Waals surface area contributed by atoms with Gasteiger partial charge in [0.05, 0.1) is 11.1 Å². The summed E-state index contributed by atoms with van der Waals surface area (Å²) in [5.74, 6) is 0. The van der Waals surface area contributed by atoms with Crippen molar-refractivity contribution in [3.63, 3.8) is 0 Å². The molecule has 0 amide bonds. The minimum atomic E-state index is -0.423. The van der Waals surface area contributed by atoms with Crippen molar-refractivity contribution in [3.05, 3.63) is 39.9 Å². The zero-order chi connectivity index (χ0) is 22.6. The summed E-state index contributed by atoms with van der Waals surface area (Å²) < 4.78 is 0. The van der Waals surface area contributed by atoms with E-state index in [0.717, 1.165) is 13.0 Å². The Hall–Kier alpha value is -2.02. The highest BCUT2D eigenvalue weighted by atomic mass is 32.1. The molecule has 6 nitrogen and oxygen atoms in total. The Balaban J connectivity index is 1.91. The van der Waals surface area contributed by atoms with Gasteiger partial charge in [-0.3, -0.25) is 15.5 Å². The molecule has 0 heterocycles.